The first kappa shape index (κ1) is 20.2. The van der Waals surface area contributed by atoms with E-state index in [9.17, 15) is 4.79 Å². The Morgan fingerprint density at radius 3 is 2.64 bits per heavy atom. The van der Waals surface area contributed by atoms with Crippen LogP contribution < -0.4 is 10.6 Å². The molecule has 0 aromatic heterocycles. The summed E-state index contributed by atoms with van der Waals surface area (Å²) >= 11 is 6.18. The Balaban J connectivity index is 1.37. The van der Waals surface area contributed by atoms with Crippen molar-refractivity contribution in [1.29, 1.82) is 0 Å². The third-order valence-electron chi connectivity index (χ3n) is 4.97. The van der Waals surface area contributed by atoms with E-state index in [0.29, 0.717) is 25.5 Å². The Morgan fingerprint density at radius 2 is 1.86 bits per heavy atom. The molecule has 0 saturated heterocycles. The number of halogens is 1. The quantitative estimate of drug-likeness (QED) is 0.445. The van der Waals surface area contributed by atoms with Crippen molar-refractivity contribution >= 4 is 23.5 Å². The lowest BCUT2D eigenvalue weighted by atomic mass is 9.99. The Morgan fingerprint density at radius 1 is 1.11 bits per heavy atom. The van der Waals surface area contributed by atoms with Gasteiger partial charge in [-0.3, -0.25) is 9.79 Å². The summed E-state index contributed by atoms with van der Waals surface area (Å²) in [4.78, 5) is 18.7. The molecule has 6 heteroatoms. The summed E-state index contributed by atoms with van der Waals surface area (Å²) in [6, 6.07) is 16.1. The number of hydrogen-bond donors (Lipinski definition) is 2. The molecule has 0 unspecified atom stereocenters. The third kappa shape index (κ3) is 5.49. The van der Waals surface area contributed by atoms with Crippen molar-refractivity contribution in [1.82, 2.24) is 15.5 Å². The highest BCUT2D eigenvalue weighted by Crippen LogP contribution is 2.19. The number of carbonyl (C=O) groups is 1. The average molecular weight is 399 g/mol. The fourth-order valence-corrected chi connectivity index (χ4v) is 3.56. The number of aliphatic imine (C=N–C) groups is 1. The summed E-state index contributed by atoms with van der Waals surface area (Å²) in [5.74, 6) is 0.926. The van der Waals surface area contributed by atoms with Crippen molar-refractivity contribution in [2.75, 3.05) is 20.1 Å². The molecule has 5 nitrogen and oxygen atoms in total. The number of fused-ring (bicyclic) bond motifs is 1. The number of nitrogens with zero attached hydrogens (tertiary/aromatic N) is 2. The van der Waals surface area contributed by atoms with Gasteiger partial charge < -0.3 is 15.5 Å². The summed E-state index contributed by atoms with van der Waals surface area (Å²) < 4.78 is 0. The van der Waals surface area contributed by atoms with E-state index in [1.54, 1.807) is 7.05 Å². The predicted molar refractivity (Wildman–Crippen MR) is 114 cm³/mol. The molecular weight excluding hydrogens is 372 g/mol. The van der Waals surface area contributed by atoms with Gasteiger partial charge in [0, 0.05) is 44.7 Å². The van der Waals surface area contributed by atoms with Gasteiger partial charge in [-0.2, -0.15) is 0 Å². The summed E-state index contributed by atoms with van der Waals surface area (Å²) in [7, 11) is 1.73. The second kappa shape index (κ2) is 10.1. The van der Waals surface area contributed by atoms with Crippen LogP contribution in [-0.4, -0.2) is 36.9 Å². The van der Waals surface area contributed by atoms with E-state index in [4.69, 9.17) is 11.6 Å². The lowest BCUT2D eigenvalue weighted by Gasteiger charge is -2.29. The fraction of sp³-hybridized carbons (Fsp3) is 0.364. The zero-order chi connectivity index (χ0) is 19.8. The van der Waals surface area contributed by atoms with Gasteiger partial charge in [-0.25, -0.2) is 0 Å². The molecule has 0 atom stereocenters. The van der Waals surface area contributed by atoms with Crippen LogP contribution in [0.3, 0.4) is 0 Å². The first-order chi connectivity index (χ1) is 13.7. The van der Waals surface area contributed by atoms with E-state index in [0.717, 1.165) is 36.5 Å². The summed E-state index contributed by atoms with van der Waals surface area (Å²) in [6.07, 6.45) is 2.25. The molecule has 28 heavy (non-hydrogen) atoms. The van der Waals surface area contributed by atoms with E-state index in [1.165, 1.54) is 11.1 Å². The number of hydrogen-bond acceptors (Lipinski definition) is 2. The Bertz CT molecular complexity index is 837. The van der Waals surface area contributed by atoms with Gasteiger partial charge in [0.05, 0.1) is 0 Å². The summed E-state index contributed by atoms with van der Waals surface area (Å²) in [5.41, 5.74) is 3.65. The van der Waals surface area contributed by atoms with E-state index in [1.807, 2.05) is 35.2 Å². The van der Waals surface area contributed by atoms with Gasteiger partial charge >= 0.3 is 0 Å². The number of benzene rings is 2. The van der Waals surface area contributed by atoms with Gasteiger partial charge in [0.25, 0.3) is 0 Å². The van der Waals surface area contributed by atoms with Crippen LogP contribution in [0.1, 0.15) is 29.5 Å². The monoisotopic (exact) mass is 398 g/mol. The maximum absolute atomic E-state index is 12.5. The topological polar surface area (TPSA) is 56.7 Å². The van der Waals surface area contributed by atoms with Crippen LogP contribution in [0.15, 0.2) is 53.5 Å². The third-order valence-corrected chi connectivity index (χ3v) is 5.34. The predicted octanol–water partition coefficient (Wildman–Crippen LogP) is 3.37. The standard InChI is InChI=1S/C22H27ClN4O/c1-24-22(26-15-18-8-4-5-10-20(18)23)25-13-6-11-21(28)27-14-12-17-7-2-3-9-19(17)16-27/h2-5,7-10H,6,11-16H2,1H3,(H2,24,25,26). The molecule has 148 valence electrons. The van der Waals surface area contributed by atoms with Crippen molar-refractivity contribution in [2.45, 2.75) is 32.4 Å². The zero-order valence-electron chi connectivity index (χ0n) is 16.2. The molecule has 0 bridgehead atoms. The van der Waals surface area contributed by atoms with Crippen LogP contribution in [-0.2, 0) is 24.3 Å². The minimum absolute atomic E-state index is 0.218. The maximum atomic E-state index is 12.5. The SMILES string of the molecule is CN=C(NCCCC(=O)N1CCc2ccccc2C1)NCc1ccccc1Cl. The molecule has 0 spiro atoms. The molecule has 3 rings (SSSR count). The second-order valence-corrected chi connectivity index (χ2v) is 7.29. The number of nitrogens with one attached hydrogen (secondary N) is 2. The van der Waals surface area contributed by atoms with Crippen LogP contribution >= 0.6 is 11.6 Å². The average Bonchev–Trinajstić information content (AvgIpc) is 2.73. The first-order valence-corrected chi connectivity index (χ1v) is 10.1. The van der Waals surface area contributed by atoms with Gasteiger partial charge in [0.1, 0.15) is 0 Å². The molecule has 0 saturated carbocycles. The van der Waals surface area contributed by atoms with Crippen molar-refractivity contribution in [3.8, 4) is 0 Å². The molecule has 1 amide bonds. The van der Waals surface area contributed by atoms with Crippen LogP contribution in [0.2, 0.25) is 5.02 Å². The Hall–Kier alpha value is -2.53. The van der Waals surface area contributed by atoms with E-state index < -0.39 is 0 Å². The van der Waals surface area contributed by atoms with E-state index in [2.05, 4.69) is 33.8 Å². The zero-order valence-corrected chi connectivity index (χ0v) is 17.0. The van der Waals surface area contributed by atoms with Gasteiger partial charge in [0.2, 0.25) is 5.91 Å². The lowest BCUT2D eigenvalue weighted by molar-refractivity contribution is -0.132. The number of rotatable bonds is 6. The molecule has 0 radical (unpaired) electrons. The molecular formula is C22H27ClN4O. The molecule has 0 fully saturated rings. The van der Waals surface area contributed by atoms with Gasteiger partial charge in [-0.1, -0.05) is 54.1 Å². The second-order valence-electron chi connectivity index (χ2n) is 6.88. The van der Waals surface area contributed by atoms with Crippen molar-refractivity contribution in [3.63, 3.8) is 0 Å². The van der Waals surface area contributed by atoms with Gasteiger partial charge in [-0.15, -0.1) is 0 Å². The van der Waals surface area contributed by atoms with Gasteiger partial charge in [-0.05, 0) is 35.6 Å². The fourth-order valence-electron chi connectivity index (χ4n) is 3.35. The Labute approximate surface area is 171 Å². The number of amides is 1. The molecule has 2 aromatic rings. The largest absolute Gasteiger partial charge is 0.356 e. The smallest absolute Gasteiger partial charge is 0.222 e. The minimum Gasteiger partial charge on any atom is -0.356 e. The summed E-state index contributed by atoms with van der Waals surface area (Å²) in [6.45, 7) is 2.83. The maximum Gasteiger partial charge on any atom is 0.222 e. The highest BCUT2D eigenvalue weighted by Gasteiger charge is 2.19. The van der Waals surface area contributed by atoms with Crippen LogP contribution in [0, 0.1) is 0 Å². The molecule has 1 aliphatic heterocycles. The molecule has 1 aliphatic rings. The highest BCUT2D eigenvalue weighted by molar-refractivity contribution is 6.31. The minimum atomic E-state index is 0.218. The van der Waals surface area contributed by atoms with Crippen LogP contribution in [0.4, 0.5) is 0 Å². The molecule has 0 aliphatic carbocycles. The Kier molecular flexibility index (Phi) is 7.31. The number of carbonyl (C=O) groups excluding carboxylic acids is 1. The normalized spacial score (nSPS) is 13.8. The van der Waals surface area contributed by atoms with Crippen LogP contribution in [0.5, 0.6) is 0 Å². The molecule has 2 aromatic carbocycles. The molecule has 2 N–H and O–H groups in total. The van der Waals surface area contributed by atoms with Gasteiger partial charge in [0.15, 0.2) is 5.96 Å². The van der Waals surface area contributed by atoms with Crippen molar-refractivity contribution in [2.24, 2.45) is 4.99 Å². The highest BCUT2D eigenvalue weighted by atomic mass is 35.5. The first-order valence-electron chi connectivity index (χ1n) is 9.70. The van der Waals surface area contributed by atoms with E-state index in [-0.39, 0.29) is 5.91 Å². The summed E-state index contributed by atoms with van der Waals surface area (Å²) in [5, 5.41) is 7.24. The molecule has 1 heterocycles. The van der Waals surface area contributed by atoms with Crippen molar-refractivity contribution < 1.29 is 4.79 Å². The van der Waals surface area contributed by atoms with Crippen molar-refractivity contribution in [3.05, 3.63) is 70.2 Å². The lowest BCUT2D eigenvalue weighted by Crippen LogP contribution is -2.38. The number of guanidine groups is 1. The van der Waals surface area contributed by atoms with E-state index >= 15 is 0 Å². The van der Waals surface area contributed by atoms with Crippen LogP contribution in [0.25, 0.3) is 0 Å².